The summed E-state index contributed by atoms with van der Waals surface area (Å²) in [6.07, 6.45) is 6.23. The van der Waals surface area contributed by atoms with Gasteiger partial charge in [-0.15, -0.1) is 11.3 Å². The second kappa shape index (κ2) is 14.3. The van der Waals surface area contributed by atoms with Crippen LogP contribution in [-0.2, 0) is 0 Å². The molecule has 4 heteroatoms. The molecule has 0 radical (unpaired) electrons. The lowest BCUT2D eigenvalue weighted by atomic mass is 10.0. The largest absolute Gasteiger partial charge is 0.309 e. The second-order valence-electron chi connectivity index (χ2n) is 14.6. The minimum Gasteiger partial charge on any atom is -0.309 e. The van der Waals surface area contributed by atoms with Crippen LogP contribution in [0, 0.1) is 0 Å². The van der Waals surface area contributed by atoms with Crippen molar-refractivity contribution in [1.82, 2.24) is 4.57 Å². The summed E-state index contributed by atoms with van der Waals surface area (Å²) in [6, 6.07) is 69.3. The standard InChI is InChI=1S/C54H35N3S/c1-4-13-36(14-5-1)37-23-28-43(29-24-37)57-50-22-11-10-19-44(50)45-30-25-40(34-51(45)57)41-26-31-46-47-33-42(27-32-52(47)58-53(46)35-41)49-21-12-20-48(38-15-6-2-7-16-38)55-54(56-49)39-17-8-3-9-18-39/h1-35H/b20-12+,21-12?,48-20?,49-21+,55-48+,55-54?,56-49?,56-54-. The van der Waals surface area contributed by atoms with E-state index < -0.39 is 0 Å². The molecule has 2 aromatic heterocycles. The third kappa shape index (κ3) is 6.08. The van der Waals surface area contributed by atoms with Crippen molar-refractivity contribution in [3.8, 4) is 27.9 Å². The first-order valence-corrected chi connectivity index (χ1v) is 20.4. The van der Waals surface area contributed by atoms with E-state index >= 15 is 0 Å². The zero-order valence-electron chi connectivity index (χ0n) is 31.5. The van der Waals surface area contributed by atoms with Crippen LogP contribution in [-0.4, -0.2) is 16.1 Å². The fourth-order valence-corrected chi connectivity index (χ4v) is 9.31. The molecule has 58 heavy (non-hydrogen) atoms. The Morgan fingerprint density at radius 2 is 0.983 bits per heavy atom. The monoisotopic (exact) mass is 757 g/mol. The highest BCUT2D eigenvalue weighted by molar-refractivity contribution is 7.25. The summed E-state index contributed by atoms with van der Waals surface area (Å²) in [5.41, 5.74) is 13.2. The second-order valence-corrected chi connectivity index (χ2v) is 15.7. The number of thiophene rings is 1. The molecule has 0 amide bonds. The van der Waals surface area contributed by atoms with Crippen molar-refractivity contribution in [3.05, 3.63) is 229 Å². The van der Waals surface area contributed by atoms with E-state index in [-0.39, 0.29) is 0 Å². The Morgan fingerprint density at radius 3 is 1.76 bits per heavy atom. The van der Waals surface area contributed by atoms with E-state index in [1.165, 1.54) is 64.2 Å². The van der Waals surface area contributed by atoms with Gasteiger partial charge in [0.2, 0.25) is 0 Å². The van der Waals surface area contributed by atoms with Gasteiger partial charge >= 0.3 is 0 Å². The Labute approximate surface area is 340 Å². The zero-order valence-corrected chi connectivity index (χ0v) is 32.3. The molecule has 0 saturated carbocycles. The van der Waals surface area contributed by atoms with Crippen molar-refractivity contribution >= 4 is 70.6 Å². The third-order valence-corrected chi connectivity index (χ3v) is 12.2. The molecule has 0 fully saturated rings. The highest BCUT2D eigenvalue weighted by Crippen LogP contribution is 2.40. The molecule has 3 nitrogen and oxygen atoms in total. The van der Waals surface area contributed by atoms with Gasteiger partial charge in [-0.3, -0.25) is 0 Å². The molecule has 8 aromatic carbocycles. The molecular weight excluding hydrogens is 723 g/mol. The van der Waals surface area contributed by atoms with Gasteiger partial charge in [0.1, 0.15) is 0 Å². The van der Waals surface area contributed by atoms with Crippen molar-refractivity contribution in [1.29, 1.82) is 0 Å². The topological polar surface area (TPSA) is 29.6 Å². The molecule has 1 aliphatic heterocycles. The van der Waals surface area contributed by atoms with E-state index in [0.717, 1.165) is 33.8 Å². The maximum absolute atomic E-state index is 5.20. The van der Waals surface area contributed by atoms with Gasteiger partial charge in [-0.25, -0.2) is 9.98 Å². The van der Waals surface area contributed by atoms with Crippen LogP contribution < -0.4 is 0 Å². The van der Waals surface area contributed by atoms with Crippen LogP contribution in [0.15, 0.2) is 222 Å². The van der Waals surface area contributed by atoms with Crippen LogP contribution in [0.25, 0.3) is 75.6 Å². The maximum atomic E-state index is 5.20. The number of hydrogen-bond donors (Lipinski definition) is 0. The minimum absolute atomic E-state index is 0.690. The average molecular weight is 758 g/mol. The molecule has 10 aromatic rings. The van der Waals surface area contributed by atoms with Gasteiger partial charge in [-0.2, -0.15) is 0 Å². The summed E-state index contributed by atoms with van der Waals surface area (Å²) >= 11 is 1.84. The first kappa shape index (κ1) is 33.9. The molecule has 0 aliphatic carbocycles. The number of aromatic nitrogens is 1. The fraction of sp³-hybridized carbons (Fsp3) is 0. The van der Waals surface area contributed by atoms with Crippen molar-refractivity contribution in [3.63, 3.8) is 0 Å². The summed E-state index contributed by atoms with van der Waals surface area (Å²) in [5.74, 6) is 0.690. The van der Waals surface area contributed by atoms with Gasteiger partial charge in [0, 0.05) is 53.3 Å². The maximum Gasteiger partial charge on any atom is 0.160 e. The lowest BCUT2D eigenvalue weighted by molar-refractivity contribution is 1.18. The Hall–Kier alpha value is -7.40. The van der Waals surface area contributed by atoms with Crippen LogP contribution in [0.5, 0.6) is 0 Å². The smallest absolute Gasteiger partial charge is 0.160 e. The van der Waals surface area contributed by atoms with Gasteiger partial charge in [-0.1, -0.05) is 158 Å². The summed E-state index contributed by atoms with van der Waals surface area (Å²) in [6.45, 7) is 0. The normalized spacial score (nSPS) is 16.3. The Bertz CT molecular complexity index is 3290. The highest BCUT2D eigenvalue weighted by atomic mass is 32.1. The Kier molecular flexibility index (Phi) is 8.34. The molecule has 0 saturated heterocycles. The predicted octanol–water partition coefficient (Wildman–Crippen LogP) is 14.3. The number of amidine groups is 1. The van der Waals surface area contributed by atoms with Gasteiger partial charge < -0.3 is 4.57 Å². The van der Waals surface area contributed by atoms with Gasteiger partial charge in [0.05, 0.1) is 22.4 Å². The third-order valence-electron chi connectivity index (χ3n) is 11.1. The first-order chi connectivity index (χ1) is 28.7. The summed E-state index contributed by atoms with van der Waals surface area (Å²) in [5, 5.41) is 4.99. The molecule has 1 aliphatic rings. The molecule has 0 spiro atoms. The summed E-state index contributed by atoms with van der Waals surface area (Å²) < 4.78 is 4.92. The van der Waals surface area contributed by atoms with E-state index in [9.17, 15) is 0 Å². The van der Waals surface area contributed by atoms with Crippen LogP contribution in [0.4, 0.5) is 0 Å². The molecule has 11 rings (SSSR count). The minimum atomic E-state index is 0.690. The molecular formula is C54H35N3S. The quantitative estimate of drug-likeness (QED) is 0.162. The highest BCUT2D eigenvalue weighted by Gasteiger charge is 2.16. The van der Waals surface area contributed by atoms with E-state index in [2.05, 4.69) is 181 Å². The molecule has 272 valence electrons. The molecule has 0 N–H and O–H groups in total. The van der Waals surface area contributed by atoms with E-state index in [0.29, 0.717) is 5.84 Å². The molecule has 3 heterocycles. The SMILES string of the molecule is C1=C/C(c2ccccc2)=N\C(c2ccccc2)=N/C(c2ccc3sc4cc(-c5ccc6c7ccccc7n(-c7ccc(-c8ccccc8)cc7)c6c5)ccc4c3c2)=C/1. The van der Waals surface area contributed by atoms with Crippen molar-refractivity contribution in [2.24, 2.45) is 9.98 Å². The number of benzene rings is 8. The number of aliphatic imine (C=N–C) groups is 2. The number of allylic oxidation sites excluding steroid dienone is 3. The first-order valence-electron chi connectivity index (χ1n) is 19.6. The Balaban J connectivity index is 0.973. The number of para-hydroxylation sites is 1. The zero-order chi connectivity index (χ0) is 38.4. The fourth-order valence-electron chi connectivity index (χ4n) is 8.18. The van der Waals surface area contributed by atoms with Gasteiger partial charge in [0.15, 0.2) is 5.84 Å². The van der Waals surface area contributed by atoms with Crippen molar-refractivity contribution in [2.75, 3.05) is 0 Å². The predicted molar refractivity (Wildman–Crippen MR) is 248 cm³/mol. The number of hydrogen-bond acceptors (Lipinski definition) is 3. The van der Waals surface area contributed by atoms with E-state index in [1.807, 2.05) is 47.7 Å². The van der Waals surface area contributed by atoms with Crippen LogP contribution in [0.1, 0.15) is 16.7 Å². The van der Waals surface area contributed by atoms with Crippen LogP contribution >= 0.6 is 11.3 Å². The summed E-state index contributed by atoms with van der Waals surface area (Å²) in [7, 11) is 0. The van der Waals surface area contributed by atoms with E-state index in [4.69, 9.17) is 9.98 Å². The van der Waals surface area contributed by atoms with Crippen LogP contribution in [0.2, 0.25) is 0 Å². The lowest BCUT2D eigenvalue weighted by Gasteiger charge is -2.11. The van der Waals surface area contributed by atoms with Crippen molar-refractivity contribution < 1.29 is 0 Å². The number of fused-ring (bicyclic) bond motifs is 6. The lowest BCUT2D eigenvalue weighted by Crippen LogP contribution is -2.06. The number of nitrogens with zero attached hydrogens (tertiary/aromatic N) is 3. The molecule has 0 unspecified atom stereocenters. The molecule has 0 bridgehead atoms. The number of rotatable bonds is 6. The summed E-state index contributed by atoms with van der Waals surface area (Å²) in [4.78, 5) is 10.3. The molecule has 0 atom stereocenters. The van der Waals surface area contributed by atoms with Gasteiger partial charge in [0.25, 0.3) is 0 Å². The van der Waals surface area contributed by atoms with E-state index in [1.54, 1.807) is 0 Å². The van der Waals surface area contributed by atoms with Crippen LogP contribution in [0.3, 0.4) is 0 Å². The van der Waals surface area contributed by atoms with Crippen molar-refractivity contribution in [2.45, 2.75) is 0 Å². The average Bonchev–Trinajstić information content (AvgIpc) is 3.82. The van der Waals surface area contributed by atoms with Gasteiger partial charge in [-0.05, 0) is 76.9 Å². The Morgan fingerprint density at radius 1 is 0.379 bits per heavy atom.